The van der Waals surface area contributed by atoms with Gasteiger partial charge in [0.2, 0.25) is 27.7 Å². The van der Waals surface area contributed by atoms with Gasteiger partial charge in [-0.05, 0) is 61.1 Å². The van der Waals surface area contributed by atoms with Gasteiger partial charge in [-0.1, -0.05) is 44.5 Å². The number of amides is 3. The smallest absolute Gasteiger partial charge is 0.335 e. The van der Waals surface area contributed by atoms with Crippen LogP contribution >= 0.6 is 11.6 Å². The number of carboxylic acid groups (broad SMARTS) is 1. The fourth-order valence-corrected chi connectivity index (χ4v) is 8.18. The highest BCUT2D eigenvalue weighted by atomic mass is 35.5. The van der Waals surface area contributed by atoms with E-state index in [1.54, 1.807) is 38.1 Å². The van der Waals surface area contributed by atoms with Crippen LogP contribution in [0.2, 0.25) is 5.02 Å². The number of halogens is 1. The lowest BCUT2D eigenvalue weighted by atomic mass is 9.85. The van der Waals surface area contributed by atoms with Gasteiger partial charge in [-0.3, -0.25) is 19.1 Å². The quantitative estimate of drug-likeness (QED) is 0.183. The first-order valence-corrected chi connectivity index (χ1v) is 18.9. The van der Waals surface area contributed by atoms with Crippen molar-refractivity contribution in [1.82, 2.24) is 19.9 Å². The molecule has 16 heteroatoms. The second-order valence-corrected chi connectivity index (χ2v) is 16.8. The third-order valence-corrected chi connectivity index (χ3v) is 11.9. The molecule has 0 spiro atoms. The molecule has 6 rings (SSSR count). The number of aromatic carboxylic acids is 1. The molecule has 53 heavy (non-hydrogen) atoms. The number of ether oxygens (including phenoxy) is 2. The van der Waals surface area contributed by atoms with Crippen LogP contribution in [0.15, 0.2) is 61.3 Å². The highest BCUT2D eigenvalue weighted by Gasteiger charge is 2.62. The van der Waals surface area contributed by atoms with Gasteiger partial charge >= 0.3 is 5.97 Å². The van der Waals surface area contributed by atoms with Crippen LogP contribution in [0.4, 0.5) is 5.69 Å². The third-order valence-electron chi connectivity index (χ3n) is 9.82. The monoisotopic (exact) mass is 768 g/mol. The van der Waals surface area contributed by atoms with Crippen molar-refractivity contribution in [3.63, 3.8) is 0 Å². The molecule has 1 aromatic heterocycles. The van der Waals surface area contributed by atoms with E-state index in [2.05, 4.69) is 26.9 Å². The Morgan fingerprint density at radius 1 is 1.19 bits per heavy atom. The zero-order valence-electron chi connectivity index (χ0n) is 30.4. The Morgan fingerprint density at radius 3 is 2.58 bits per heavy atom. The summed E-state index contributed by atoms with van der Waals surface area (Å²) in [5, 5.41) is 16.4. The third kappa shape index (κ3) is 7.77. The average Bonchev–Trinajstić information content (AvgIpc) is 4.07. The fraction of sp³-hybridized carbons (Fsp3) is 0.432. The number of carbonyl (C=O) groups excluding carboxylic acids is 3. The highest BCUT2D eigenvalue weighted by Crippen LogP contribution is 2.46. The number of rotatable bonds is 13. The first-order chi connectivity index (χ1) is 25.5. The van der Waals surface area contributed by atoms with Crippen LogP contribution in [0, 0.1) is 11.3 Å². The number of sulfonamides is 1. The fourth-order valence-electron chi connectivity index (χ4n) is 6.64. The number of likely N-dealkylation sites (tertiary alicyclic amines) is 1. The van der Waals surface area contributed by atoms with E-state index in [-0.39, 0.29) is 37.7 Å². The van der Waals surface area contributed by atoms with E-state index in [4.69, 9.17) is 22.4 Å². The minimum absolute atomic E-state index is 0.0189. The number of fused-ring (bicyclic) bond motifs is 1. The molecule has 2 aliphatic carbocycles. The summed E-state index contributed by atoms with van der Waals surface area (Å²) in [6, 6.07) is 8.65. The molecule has 2 aromatic carbocycles. The Kier molecular flexibility index (Phi) is 9.74. The Bertz CT molecular complexity index is 2130. The number of methoxy groups -OCH3 is 1. The van der Waals surface area contributed by atoms with Crippen molar-refractivity contribution in [1.29, 1.82) is 0 Å². The van der Waals surface area contributed by atoms with Crippen molar-refractivity contribution in [3.8, 4) is 11.6 Å². The molecule has 1 saturated heterocycles. The van der Waals surface area contributed by atoms with Crippen molar-refractivity contribution < 1.29 is 43.5 Å². The lowest BCUT2D eigenvalue weighted by Crippen LogP contribution is -2.58. The highest BCUT2D eigenvalue weighted by molar-refractivity contribution is 7.91. The lowest BCUT2D eigenvalue weighted by Gasteiger charge is -2.36. The predicted molar refractivity (Wildman–Crippen MR) is 197 cm³/mol. The molecule has 4 N–H and O–H groups in total. The van der Waals surface area contributed by atoms with Crippen molar-refractivity contribution in [2.24, 2.45) is 11.3 Å². The number of nitrogens with one attached hydrogen (secondary N) is 3. The summed E-state index contributed by atoms with van der Waals surface area (Å²) >= 11 is 6.33. The van der Waals surface area contributed by atoms with Gasteiger partial charge in [0, 0.05) is 35.2 Å². The number of anilines is 1. The maximum atomic E-state index is 14.7. The molecule has 282 valence electrons. The van der Waals surface area contributed by atoms with Crippen LogP contribution in [0.3, 0.4) is 0 Å². The van der Waals surface area contributed by atoms with Gasteiger partial charge in [0.1, 0.15) is 29.5 Å². The molecule has 0 bridgehead atoms. The van der Waals surface area contributed by atoms with Crippen molar-refractivity contribution in [3.05, 3.63) is 71.9 Å². The Hall–Kier alpha value is -4.89. The number of carboxylic acids is 1. The summed E-state index contributed by atoms with van der Waals surface area (Å²) in [6.07, 6.45) is 3.07. The number of pyridine rings is 1. The molecule has 5 atom stereocenters. The number of benzene rings is 2. The summed E-state index contributed by atoms with van der Waals surface area (Å²) in [5.74, 6) is -3.26. The second-order valence-electron chi connectivity index (χ2n) is 14.4. The Balaban J connectivity index is 1.34. The van der Waals surface area contributed by atoms with Crippen LogP contribution in [0.1, 0.15) is 58.2 Å². The molecule has 1 aliphatic heterocycles. The minimum atomic E-state index is -3.94. The summed E-state index contributed by atoms with van der Waals surface area (Å²) in [7, 11) is -2.44. The van der Waals surface area contributed by atoms with Crippen LogP contribution in [-0.2, 0) is 24.4 Å². The molecule has 3 aromatic rings. The van der Waals surface area contributed by atoms with E-state index in [0.717, 1.165) is 0 Å². The van der Waals surface area contributed by atoms with E-state index < -0.39 is 74.0 Å². The van der Waals surface area contributed by atoms with Gasteiger partial charge < -0.3 is 30.1 Å². The first kappa shape index (κ1) is 36.5. The summed E-state index contributed by atoms with van der Waals surface area (Å²) < 4.78 is 47.7. The largest absolute Gasteiger partial charge is 0.494 e. The molecule has 0 radical (unpaired) electrons. The van der Waals surface area contributed by atoms with Crippen LogP contribution in [-0.4, -0.2) is 89.7 Å². The van der Waals surface area contributed by atoms with Crippen molar-refractivity contribution >= 4 is 61.8 Å². The van der Waals surface area contributed by atoms with Crippen LogP contribution < -0.4 is 24.8 Å². The Labute approximate surface area is 313 Å². The Morgan fingerprint density at radius 2 is 1.94 bits per heavy atom. The van der Waals surface area contributed by atoms with Crippen molar-refractivity contribution in [2.45, 2.75) is 75.4 Å². The summed E-state index contributed by atoms with van der Waals surface area (Å²) in [5.41, 5.74) is -2.35. The van der Waals surface area contributed by atoms with E-state index >= 15 is 0 Å². The standard InChI is InChI=1S/C37H42ClN5O9S/c1-6-21-17-37(21,35(48)42-53(49,50)25-11-12-25)41-31(44)28-16-24(52-32-27-15-22(38)10-13-26(27)29(51-5)18-39-32)19-43(28)33(45)30(36(2,3)4)40-23-9-7-8-20(14-23)34(46)47/h6-10,13-15,18,21,24-25,28,30,40H,1,11-12,16-17,19H2,2-5H3,(H,41,44)(H,42,48)(H,46,47)/t21-,24-,28+,30-,37-/m1/s1/i2D. The predicted octanol–water partition coefficient (Wildman–Crippen LogP) is 4.14. The molecule has 2 saturated carbocycles. The van der Waals surface area contributed by atoms with E-state index in [1.807, 2.05) is 0 Å². The van der Waals surface area contributed by atoms with Gasteiger partial charge in [0.05, 0.1) is 30.7 Å². The van der Waals surface area contributed by atoms with Crippen LogP contribution in [0.25, 0.3) is 10.8 Å². The minimum Gasteiger partial charge on any atom is -0.494 e. The zero-order chi connectivity index (χ0) is 39.2. The second kappa shape index (κ2) is 14.2. The van der Waals surface area contributed by atoms with E-state index in [0.29, 0.717) is 40.1 Å². The molecule has 3 aliphatic rings. The molecular formula is C37H42ClN5O9S. The number of carbonyl (C=O) groups is 4. The number of hydrogen-bond acceptors (Lipinski definition) is 10. The van der Waals surface area contributed by atoms with Gasteiger partial charge in [-0.25, -0.2) is 18.2 Å². The summed E-state index contributed by atoms with van der Waals surface area (Å²) in [6.45, 7) is 6.82. The number of nitrogens with zero attached hydrogens (tertiary/aromatic N) is 2. The molecule has 14 nitrogen and oxygen atoms in total. The van der Waals surface area contributed by atoms with Crippen molar-refractivity contribution in [2.75, 3.05) is 19.0 Å². The van der Waals surface area contributed by atoms with Gasteiger partial charge in [0.15, 0.2) is 0 Å². The maximum absolute atomic E-state index is 14.7. The molecule has 2 heterocycles. The van der Waals surface area contributed by atoms with E-state index in [9.17, 15) is 32.7 Å². The topological polar surface area (TPSA) is 193 Å². The van der Waals surface area contributed by atoms with Gasteiger partial charge in [-0.2, -0.15) is 0 Å². The SMILES string of the molecule is [2H]CC(C)(C)[C@H](Nc1cccc(C(=O)O)c1)C(=O)N1C[C@H](Oc2ncc(OC)c3ccc(Cl)cc23)C[C@H]1C(=O)N[C@]1(C(=O)NS(=O)(=O)C2CC2)C[C@H]1C=C. The number of aromatic nitrogens is 1. The lowest BCUT2D eigenvalue weighted by molar-refractivity contribution is -0.141. The van der Waals surface area contributed by atoms with Crippen LogP contribution in [0.5, 0.6) is 11.6 Å². The first-order valence-electron chi connectivity index (χ1n) is 17.7. The molecule has 3 fully saturated rings. The summed E-state index contributed by atoms with van der Waals surface area (Å²) in [4.78, 5) is 60.1. The number of hydrogen-bond donors (Lipinski definition) is 4. The van der Waals surface area contributed by atoms with E-state index in [1.165, 1.54) is 42.5 Å². The maximum Gasteiger partial charge on any atom is 0.335 e. The molecule has 3 amide bonds. The normalized spacial score (nSPS) is 23.4. The van der Waals surface area contributed by atoms with Gasteiger partial charge in [0.25, 0.3) is 5.91 Å². The molecular weight excluding hydrogens is 726 g/mol. The average molecular weight is 769 g/mol. The van der Waals surface area contributed by atoms with Gasteiger partial charge in [-0.15, -0.1) is 6.58 Å². The molecule has 0 unspecified atom stereocenters. The zero-order valence-corrected chi connectivity index (χ0v) is 31.0.